The van der Waals surface area contributed by atoms with E-state index in [-0.39, 0.29) is 31.0 Å². The van der Waals surface area contributed by atoms with Crippen molar-refractivity contribution in [1.29, 1.82) is 0 Å². The monoisotopic (exact) mass is 839 g/mol. The number of aryl methyl sites for hydroxylation is 2. The van der Waals surface area contributed by atoms with Crippen LogP contribution in [0.15, 0.2) is 103 Å². The summed E-state index contributed by atoms with van der Waals surface area (Å²) < 4.78 is 26.2. The summed E-state index contributed by atoms with van der Waals surface area (Å²) >= 11 is 13.0. The minimum absolute atomic E-state index is 0.0562. The van der Waals surface area contributed by atoms with E-state index in [1.54, 1.807) is 34.0 Å². The average molecular weight is 841 g/mol. The molecule has 0 radical (unpaired) electrons. The van der Waals surface area contributed by atoms with Gasteiger partial charge in [-0.05, 0) is 117 Å². The second-order valence-electron chi connectivity index (χ2n) is 15.4. The maximum atomic E-state index is 12.9. The number of ether oxygens (including phenoxy) is 3. The predicted molar refractivity (Wildman–Crippen MR) is 227 cm³/mol. The molecule has 8 rings (SSSR count). The lowest BCUT2D eigenvalue weighted by Crippen LogP contribution is -2.46. The number of hydrogen-bond donors (Lipinski definition) is 1. The van der Waals surface area contributed by atoms with Crippen LogP contribution in [0.5, 0.6) is 11.5 Å². The number of halogens is 2. The zero-order valence-electron chi connectivity index (χ0n) is 33.7. The standard InChI is InChI=1S/C44H48Cl2N8O5/c1-5-32(4)54-43(56)53(28-48-54)37-9-7-35(8-10-37)50-16-18-51(19-17-50)36-11-13-38(14-12-36)57-24-39-25-58-44(59-39,40-15-6-34(45)22-41(40)46)26-52-29-49(27-47-52)23-33-20-30(2)42(55)31(3)21-33/h6-15,20-22,27-29,32,39H,5,16-19,23-26H2,1-4H3/p+1/t32?,39-,44-/m1/s1. The van der Waals surface area contributed by atoms with Crippen LogP contribution in [-0.2, 0) is 28.4 Å². The van der Waals surface area contributed by atoms with Crippen LogP contribution in [0.25, 0.3) is 5.69 Å². The molecule has 4 heterocycles. The lowest BCUT2D eigenvalue weighted by atomic mass is 10.1. The van der Waals surface area contributed by atoms with Crippen molar-refractivity contribution < 1.29 is 23.9 Å². The molecule has 1 N–H and O–H groups in total. The zero-order chi connectivity index (χ0) is 41.3. The highest BCUT2D eigenvalue weighted by atomic mass is 35.5. The summed E-state index contributed by atoms with van der Waals surface area (Å²) in [7, 11) is 0. The van der Waals surface area contributed by atoms with Gasteiger partial charge in [-0.15, -0.1) is 4.68 Å². The maximum absolute atomic E-state index is 12.9. The SMILES string of the molecule is CCC(C)n1ncn(-c2ccc(N3CCN(c4ccc(OC[C@@H]5CO[C@@](Cn6c[n+](Cc7cc(C)c(O)c(C)c7)cn6)(c6ccc(Cl)cc6Cl)O5)cc4)CC3)cc2)c1=O. The average Bonchev–Trinajstić information content (AvgIpc) is 3.98. The van der Waals surface area contributed by atoms with Crippen LogP contribution in [-0.4, -0.2) is 74.7 Å². The number of phenols is 1. The fourth-order valence-corrected chi connectivity index (χ4v) is 8.35. The molecule has 308 valence electrons. The van der Waals surface area contributed by atoms with E-state index in [1.807, 2.05) is 81.1 Å². The Kier molecular flexibility index (Phi) is 11.7. The number of benzene rings is 4. The molecule has 59 heavy (non-hydrogen) atoms. The van der Waals surface area contributed by atoms with Gasteiger partial charge in [0.25, 0.3) is 6.33 Å². The predicted octanol–water partition coefficient (Wildman–Crippen LogP) is 6.84. The number of aromatic nitrogens is 6. The zero-order valence-corrected chi connectivity index (χ0v) is 35.2. The van der Waals surface area contributed by atoms with E-state index in [2.05, 4.69) is 44.3 Å². The molecule has 13 nitrogen and oxygen atoms in total. The molecular weight excluding hydrogens is 791 g/mol. The number of hydrogen-bond acceptors (Lipinski definition) is 9. The minimum atomic E-state index is -1.23. The van der Waals surface area contributed by atoms with E-state index in [1.165, 1.54) is 4.68 Å². The quantitative estimate of drug-likeness (QED) is 0.125. The molecule has 2 aliphatic heterocycles. The molecule has 0 aliphatic carbocycles. The molecule has 15 heteroatoms. The van der Waals surface area contributed by atoms with Crippen LogP contribution >= 0.6 is 23.2 Å². The van der Waals surface area contributed by atoms with Crippen LogP contribution < -0.4 is 24.8 Å². The van der Waals surface area contributed by atoms with Crippen molar-refractivity contribution in [2.24, 2.45) is 0 Å². The minimum Gasteiger partial charge on any atom is -0.507 e. The first-order chi connectivity index (χ1) is 28.5. The van der Waals surface area contributed by atoms with Crippen molar-refractivity contribution in [3.05, 3.63) is 141 Å². The molecule has 0 bridgehead atoms. The van der Waals surface area contributed by atoms with Crippen molar-refractivity contribution in [2.75, 3.05) is 49.2 Å². The molecule has 2 saturated heterocycles. The molecule has 2 fully saturated rings. The highest BCUT2D eigenvalue weighted by Gasteiger charge is 2.47. The summed E-state index contributed by atoms with van der Waals surface area (Å²) in [4.78, 5) is 17.6. The van der Waals surface area contributed by atoms with Gasteiger partial charge >= 0.3 is 5.69 Å². The first-order valence-corrected chi connectivity index (χ1v) is 20.7. The maximum Gasteiger partial charge on any atom is 0.350 e. The summed E-state index contributed by atoms with van der Waals surface area (Å²) in [6.45, 7) is 12.7. The second kappa shape index (κ2) is 17.1. The van der Waals surface area contributed by atoms with E-state index in [4.69, 9.17) is 37.4 Å². The fraction of sp³-hybridized carbons (Fsp3) is 0.364. The van der Waals surface area contributed by atoms with Crippen molar-refractivity contribution in [1.82, 2.24) is 24.1 Å². The van der Waals surface area contributed by atoms with Gasteiger partial charge < -0.3 is 29.1 Å². The van der Waals surface area contributed by atoms with Crippen LogP contribution in [0.3, 0.4) is 0 Å². The Bertz CT molecular complexity index is 2440. The van der Waals surface area contributed by atoms with E-state index in [0.29, 0.717) is 34.5 Å². The number of rotatable bonds is 13. The molecule has 2 aromatic heterocycles. The van der Waals surface area contributed by atoms with Gasteiger partial charge in [-0.1, -0.05) is 36.2 Å². The molecule has 0 spiro atoms. The third-order valence-electron chi connectivity index (χ3n) is 11.2. The Balaban J connectivity index is 0.866. The summed E-state index contributed by atoms with van der Waals surface area (Å²) in [6, 6.07) is 25.6. The number of phenolic OH excluding ortho intramolecular Hbond substituents is 1. The van der Waals surface area contributed by atoms with Crippen molar-refractivity contribution in [3.8, 4) is 17.2 Å². The Morgan fingerprint density at radius 3 is 2.20 bits per heavy atom. The van der Waals surface area contributed by atoms with Crippen LogP contribution in [0.2, 0.25) is 10.0 Å². The summed E-state index contributed by atoms with van der Waals surface area (Å²) in [5, 5.41) is 20.1. The molecule has 3 atom stereocenters. The molecule has 0 saturated carbocycles. The van der Waals surface area contributed by atoms with Gasteiger partial charge in [-0.25, -0.2) is 18.6 Å². The molecule has 6 aromatic rings. The van der Waals surface area contributed by atoms with Crippen LogP contribution in [0, 0.1) is 13.8 Å². The van der Waals surface area contributed by atoms with Gasteiger partial charge in [0.2, 0.25) is 12.1 Å². The van der Waals surface area contributed by atoms with Crippen molar-refractivity contribution in [2.45, 2.75) is 65.1 Å². The fourth-order valence-electron chi connectivity index (χ4n) is 7.80. The molecule has 0 amide bonds. The number of anilines is 2. The van der Waals surface area contributed by atoms with E-state index in [9.17, 15) is 9.90 Å². The third-order valence-corrected chi connectivity index (χ3v) is 11.8. The topological polar surface area (TPSA) is 116 Å². The van der Waals surface area contributed by atoms with Gasteiger partial charge in [0.05, 0.1) is 29.9 Å². The van der Waals surface area contributed by atoms with Gasteiger partial charge in [0.15, 0.2) is 6.54 Å². The first kappa shape index (κ1) is 40.4. The Hall–Kier alpha value is -5.34. The Morgan fingerprint density at radius 2 is 1.56 bits per heavy atom. The molecule has 4 aromatic carbocycles. The van der Waals surface area contributed by atoms with E-state index >= 15 is 0 Å². The van der Waals surface area contributed by atoms with Crippen molar-refractivity contribution >= 4 is 34.6 Å². The van der Waals surface area contributed by atoms with E-state index < -0.39 is 5.79 Å². The third kappa shape index (κ3) is 8.70. The van der Waals surface area contributed by atoms with Crippen molar-refractivity contribution in [3.63, 3.8) is 0 Å². The van der Waals surface area contributed by atoms with Crippen LogP contribution in [0.4, 0.5) is 11.4 Å². The largest absolute Gasteiger partial charge is 0.507 e. The van der Waals surface area contributed by atoms with Crippen LogP contribution in [0.1, 0.15) is 48.6 Å². The number of nitrogens with zero attached hydrogens (tertiary/aromatic N) is 8. The second-order valence-corrected chi connectivity index (χ2v) is 16.2. The lowest BCUT2D eigenvalue weighted by Gasteiger charge is -2.37. The van der Waals surface area contributed by atoms with Gasteiger partial charge in [0.1, 0.15) is 30.5 Å². The van der Waals surface area contributed by atoms with Gasteiger partial charge in [-0.3, -0.25) is 0 Å². The summed E-state index contributed by atoms with van der Waals surface area (Å²) in [5.41, 5.74) is 6.32. The summed E-state index contributed by atoms with van der Waals surface area (Å²) in [6.07, 6.45) is 5.72. The molecule has 1 unspecified atom stereocenters. The lowest BCUT2D eigenvalue weighted by molar-refractivity contribution is -0.689. The highest BCUT2D eigenvalue weighted by molar-refractivity contribution is 6.35. The van der Waals surface area contributed by atoms with E-state index in [0.717, 1.165) is 72.1 Å². The number of aromatic hydroxyl groups is 1. The number of piperazine rings is 1. The van der Waals surface area contributed by atoms with Gasteiger partial charge in [-0.2, -0.15) is 5.10 Å². The Morgan fingerprint density at radius 1 is 0.915 bits per heavy atom. The summed E-state index contributed by atoms with van der Waals surface area (Å²) in [5.74, 6) is -0.174. The van der Waals surface area contributed by atoms with Gasteiger partial charge in [0, 0.05) is 53.2 Å². The normalized spacial score (nSPS) is 18.7. The highest BCUT2D eigenvalue weighted by Crippen LogP contribution is 2.40. The Labute approximate surface area is 353 Å². The first-order valence-electron chi connectivity index (χ1n) is 20.0. The smallest absolute Gasteiger partial charge is 0.350 e. The molecule has 2 aliphatic rings. The molecular formula is C44H49Cl2N8O5+.